The third-order valence-electron chi connectivity index (χ3n) is 7.73. The van der Waals surface area contributed by atoms with Crippen LogP contribution in [0.5, 0.6) is 0 Å². The first-order valence-electron chi connectivity index (χ1n) is 13.4. The summed E-state index contributed by atoms with van der Waals surface area (Å²) < 4.78 is 27.0. The molecule has 0 saturated carbocycles. The lowest BCUT2D eigenvalue weighted by atomic mass is 9.88. The van der Waals surface area contributed by atoms with Crippen molar-refractivity contribution in [1.29, 1.82) is 0 Å². The summed E-state index contributed by atoms with van der Waals surface area (Å²) in [5.41, 5.74) is 7.07. The van der Waals surface area contributed by atoms with Crippen molar-refractivity contribution in [3.63, 3.8) is 0 Å². The van der Waals surface area contributed by atoms with Gasteiger partial charge < -0.3 is 0 Å². The van der Waals surface area contributed by atoms with Crippen LogP contribution < -0.4 is 0 Å². The number of halogens is 2. The second kappa shape index (κ2) is 11.7. The van der Waals surface area contributed by atoms with Crippen LogP contribution in [0.25, 0.3) is 0 Å². The van der Waals surface area contributed by atoms with Crippen molar-refractivity contribution in [2.45, 2.75) is 37.5 Å². The van der Waals surface area contributed by atoms with Crippen LogP contribution in [-0.4, -0.2) is 11.6 Å². The van der Waals surface area contributed by atoms with Crippen LogP contribution in [0.15, 0.2) is 110 Å². The van der Waals surface area contributed by atoms with Gasteiger partial charge in [0.05, 0.1) is 11.8 Å². The summed E-state index contributed by atoms with van der Waals surface area (Å²) in [6, 6.07) is 24.6. The van der Waals surface area contributed by atoms with Crippen LogP contribution in [0.3, 0.4) is 0 Å². The largest absolute Gasteiger partial charge is 0.293 e. The molecular formula is C36H30F2O2. The molecule has 4 aromatic rings. The zero-order valence-electron chi connectivity index (χ0n) is 22.2. The van der Waals surface area contributed by atoms with Gasteiger partial charge in [0.15, 0.2) is 11.6 Å². The normalized spacial score (nSPS) is 17.1. The van der Waals surface area contributed by atoms with Gasteiger partial charge in [-0.1, -0.05) is 66.7 Å². The van der Waals surface area contributed by atoms with Crippen molar-refractivity contribution >= 4 is 11.6 Å². The molecule has 0 fully saturated rings. The highest BCUT2D eigenvalue weighted by Gasteiger charge is 2.29. The van der Waals surface area contributed by atoms with Gasteiger partial charge in [0.2, 0.25) is 0 Å². The van der Waals surface area contributed by atoms with E-state index in [1.54, 1.807) is 30.4 Å². The molecule has 40 heavy (non-hydrogen) atoms. The minimum absolute atomic E-state index is 0.0600. The summed E-state index contributed by atoms with van der Waals surface area (Å²) in [5.74, 6) is -0.859. The monoisotopic (exact) mass is 532 g/mol. The minimum Gasteiger partial charge on any atom is -0.293 e. The molecule has 4 aromatic carbocycles. The molecule has 200 valence electrons. The number of carbonyl (C=O) groups excluding carboxylic acids is 2. The Kier molecular flexibility index (Phi) is 7.97. The maximum Gasteiger partial charge on any atom is 0.170 e. The quantitative estimate of drug-likeness (QED) is 0.247. The predicted octanol–water partition coefficient (Wildman–Crippen LogP) is 8.55. The Bertz CT molecular complexity index is 1620. The summed E-state index contributed by atoms with van der Waals surface area (Å²) >= 11 is 0. The Labute approximate surface area is 233 Å². The number of allylic oxidation sites excluding steroid dienone is 2. The summed E-state index contributed by atoms with van der Waals surface area (Å²) in [6.45, 7) is 7.49. The molecule has 2 aliphatic carbocycles. The van der Waals surface area contributed by atoms with E-state index in [1.165, 1.54) is 18.2 Å². The van der Waals surface area contributed by atoms with Crippen LogP contribution in [-0.2, 0) is 12.8 Å². The van der Waals surface area contributed by atoms with Gasteiger partial charge >= 0.3 is 0 Å². The highest BCUT2D eigenvalue weighted by atomic mass is 19.1. The van der Waals surface area contributed by atoms with E-state index < -0.39 is 0 Å². The Hall–Kier alpha value is -4.44. The molecule has 2 nitrogen and oxygen atoms in total. The van der Waals surface area contributed by atoms with E-state index in [9.17, 15) is 18.4 Å². The zero-order chi connectivity index (χ0) is 28.2. The fourth-order valence-corrected chi connectivity index (χ4v) is 5.84. The summed E-state index contributed by atoms with van der Waals surface area (Å²) in [5, 5.41) is 0. The molecule has 0 amide bonds. The summed E-state index contributed by atoms with van der Waals surface area (Å²) in [6.07, 6.45) is 5.90. The number of hydrogen-bond donors (Lipinski definition) is 0. The number of benzene rings is 4. The second-order valence-corrected chi connectivity index (χ2v) is 10.2. The highest BCUT2D eigenvalue weighted by molar-refractivity contribution is 6.04. The SMILES string of the molecule is C=CCC1C(=O)c2ccc(F)cc2Cc2ccccc21.C=CCC1C(=O)c2ccccc2Cc2cc(F)ccc21. The van der Waals surface area contributed by atoms with Crippen LogP contribution in [0.1, 0.15) is 78.8 Å². The fourth-order valence-electron chi connectivity index (χ4n) is 5.84. The van der Waals surface area contributed by atoms with E-state index in [-0.39, 0.29) is 35.0 Å². The highest BCUT2D eigenvalue weighted by Crippen LogP contribution is 2.35. The van der Waals surface area contributed by atoms with Gasteiger partial charge in [-0.05, 0) is 89.4 Å². The van der Waals surface area contributed by atoms with Crippen molar-refractivity contribution in [3.05, 3.63) is 166 Å². The average Bonchev–Trinajstić information content (AvgIpc) is 3.14. The van der Waals surface area contributed by atoms with E-state index in [0.29, 0.717) is 31.2 Å². The number of Topliss-reactive ketones (excluding diaryl/α,β-unsaturated/α-hetero) is 2. The van der Waals surface area contributed by atoms with Crippen LogP contribution in [0.4, 0.5) is 8.78 Å². The second-order valence-electron chi connectivity index (χ2n) is 10.2. The third kappa shape index (κ3) is 5.35. The number of hydrogen-bond acceptors (Lipinski definition) is 2. The summed E-state index contributed by atoms with van der Waals surface area (Å²) in [4.78, 5) is 25.5. The maximum absolute atomic E-state index is 13.5. The predicted molar refractivity (Wildman–Crippen MR) is 155 cm³/mol. The van der Waals surface area contributed by atoms with Crippen molar-refractivity contribution < 1.29 is 18.4 Å². The molecule has 0 heterocycles. The van der Waals surface area contributed by atoms with E-state index in [4.69, 9.17) is 0 Å². The Balaban J connectivity index is 0.000000161. The Morgan fingerprint density at radius 3 is 1.77 bits per heavy atom. The lowest BCUT2D eigenvalue weighted by molar-refractivity contribution is 0.0952. The van der Waals surface area contributed by atoms with Gasteiger partial charge in [0.25, 0.3) is 0 Å². The molecule has 2 atom stereocenters. The van der Waals surface area contributed by atoms with Gasteiger partial charge in [-0.15, -0.1) is 13.2 Å². The molecule has 0 radical (unpaired) electrons. The first kappa shape index (κ1) is 27.1. The average molecular weight is 533 g/mol. The van der Waals surface area contributed by atoms with Crippen LogP contribution >= 0.6 is 0 Å². The first-order chi connectivity index (χ1) is 19.4. The van der Waals surface area contributed by atoms with Crippen LogP contribution in [0.2, 0.25) is 0 Å². The molecule has 0 N–H and O–H groups in total. The van der Waals surface area contributed by atoms with Gasteiger partial charge in [-0.2, -0.15) is 0 Å². The minimum atomic E-state index is -0.295. The van der Waals surface area contributed by atoms with Gasteiger partial charge in [0, 0.05) is 11.1 Å². The van der Waals surface area contributed by atoms with E-state index in [0.717, 1.165) is 38.9 Å². The number of rotatable bonds is 4. The van der Waals surface area contributed by atoms with Crippen LogP contribution in [0, 0.1) is 11.6 Å². The lowest BCUT2D eigenvalue weighted by Gasteiger charge is -2.15. The van der Waals surface area contributed by atoms with E-state index in [2.05, 4.69) is 13.2 Å². The van der Waals surface area contributed by atoms with Gasteiger partial charge in [0.1, 0.15) is 11.6 Å². The molecule has 0 bridgehead atoms. The smallest absolute Gasteiger partial charge is 0.170 e. The van der Waals surface area contributed by atoms with Gasteiger partial charge in [-0.25, -0.2) is 8.78 Å². The van der Waals surface area contributed by atoms with Crippen molar-refractivity contribution in [2.75, 3.05) is 0 Å². The zero-order valence-corrected chi connectivity index (χ0v) is 22.2. The molecular weight excluding hydrogens is 502 g/mol. The molecule has 0 aromatic heterocycles. The molecule has 2 aliphatic rings. The van der Waals surface area contributed by atoms with E-state index >= 15 is 0 Å². The molecule has 4 heteroatoms. The topological polar surface area (TPSA) is 34.1 Å². The van der Waals surface area contributed by atoms with Gasteiger partial charge in [-0.3, -0.25) is 9.59 Å². The molecule has 6 rings (SSSR count). The van der Waals surface area contributed by atoms with Crippen molar-refractivity contribution in [3.8, 4) is 0 Å². The van der Waals surface area contributed by atoms with E-state index in [1.807, 2.05) is 48.5 Å². The van der Waals surface area contributed by atoms with Crippen molar-refractivity contribution in [2.24, 2.45) is 0 Å². The first-order valence-corrected chi connectivity index (χ1v) is 13.4. The fraction of sp³-hybridized carbons (Fsp3) is 0.167. The molecule has 0 saturated heterocycles. The Morgan fingerprint density at radius 1 is 0.600 bits per heavy atom. The molecule has 0 spiro atoms. The summed E-state index contributed by atoms with van der Waals surface area (Å²) in [7, 11) is 0. The Morgan fingerprint density at radius 2 is 1.10 bits per heavy atom. The number of carbonyl (C=O) groups is 2. The van der Waals surface area contributed by atoms with Crippen molar-refractivity contribution in [1.82, 2.24) is 0 Å². The standard InChI is InChI=1S/2C18H15FO/c1-2-5-17-15-9-8-14(19)11-13(15)10-12-6-3-4-7-16(12)18(17)20;1-2-5-17-15-7-4-3-6-12(15)10-13-11-14(19)8-9-16(13)18(17)20/h2*2-4,6-9,11,17H,1,5,10H2. The lowest BCUT2D eigenvalue weighted by Crippen LogP contribution is -2.12. The third-order valence-corrected chi connectivity index (χ3v) is 7.73. The molecule has 2 unspecified atom stereocenters. The maximum atomic E-state index is 13.5. The molecule has 0 aliphatic heterocycles. The number of ketones is 2. The number of fused-ring (bicyclic) bond motifs is 4.